The van der Waals surface area contributed by atoms with Gasteiger partial charge in [0, 0.05) is 16.9 Å². The number of carbonyl (C=O) groups is 1. The third-order valence-electron chi connectivity index (χ3n) is 3.09. The summed E-state index contributed by atoms with van der Waals surface area (Å²) in [6.45, 7) is 0. The van der Waals surface area contributed by atoms with Gasteiger partial charge in [0.25, 0.3) is 11.5 Å². The summed E-state index contributed by atoms with van der Waals surface area (Å²) in [5.41, 5.74) is -0.404. The zero-order valence-electron chi connectivity index (χ0n) is 11.1. The fourth-order valence-corrected chi connectivity index (χ4v) is 2.17. The molecule has 0 saturated carbocycles. The highest BCUT2D eigenvalue weighted by molar-refractivity contribution is 6.30. The van der Waals surface area contributed by atoms with Gasteiger partial charge in [-0.15, -0.1) is 0 Å². The normalized spacial score (nSPS) is 10.6. The molecule has 0 aliphatic rings. The zero-order chi connectivity index (χ0) is 15.7. The van der Waals surface area contributed by atoms with Crippen LogP contribution < -0.4 is 10.9 Å². The molecule has 22 heavy (non-hydrogen) atoms. The number of nitrogens with one attached hydrogen (secondary N) is 2. The van der Waals surface area contributed by atoms with E-state index in [4.69, 9.17) is 11.6 Å². The monoisotopic (exact) mass is 315 g/mol. The molecule has 110 valence electrons. The van der Waals surface area contributed by atoms with E-state index in [9.17, 15) is 14.7 Å². The summed E-state index contributed by atoms with van der Waals surface area (Å²) in [5, 5.41) is 13.5. The van der Waals surface area contributed by atoms with Crippen LogP contribution in [0.15, 0.2) is 47.4 Å². The maximum atomic E-state index is 12.2. The maximum absolute atomic E-state index is 12.2. The average molecular weight is 316 g/mol. The number of rotatable bonds is 2. The van der Waals surface area contributed by atoms with Gasteiger partial charge in [0.1, 0.15) is 17.0 Å². The van der Waals surface area contributed by atoms with Gasteiger partial charge in [-0.2, -0.15) is 0 Å². The summed E-state index contributed by atoms with van der Waals surface area (Å²) >= 11 is 5.77. The molecular weight excluding hydrogens is 306 g/mol. The molecule has 2 aromatic heterocycles. The number of H-pyrrole nitrogens is 1. The first-order valence-electron chi connectivity index (χ1n) is 6.33. The SMILES string of the molecule is O=C(Nc1ccc(Cl)cc1)c1c(O)c2cccnc2[nH]c1=O. The molecule has 0 saturated heterocycles. The second kappa shape index (κ2) is 5.50. The van der Waals surface area contributed by atoms with Crippen molar-refractivity contribution in [3.8, 4) is 5.75 Å². The van der Waals surface area contributed by atoms with Crippen LogP contribution in [-0.4, -0.2) is 21.0 Å². The molecule has 6 nitrogen and oxygen atoms in total. The van der Waals surface area contributed by atoms with Crippen molar-refractivity contribution < 1.29 is 9.90 Å². The number of hydrogen-bond acceptors (Lipinski definition) is 4. The quantitative estimate of drug-likeness (QED) is 0.677. The van der Waals surface area contributed by atoms with E-state index in [0.29, 0.717) is 16.1 Å². The number of aromatic hydroxyl groups is 1. The number of halogens is 1. The van der Waals surface area contributed by atoms with Gasteiger partial charge in [-0.3, -0.25) is 9.59 Å². The van der Waals surface area contributed by atoms with Gasteiger partial charge in [0.05, 0.1) is 5.39 Å². The van der Waals surface area contributed by atoms with Gasteiger partial charge in [-0.25, -0.2) is 4.98 Å². The van der Waals surface area contributed by atoms with Crippen molar-refractivity contribution >= 4 is 34.2 Å². The molecule has 0 spiro atoms. The number of carbonyl (C=O) groups excluding carboxylic acids is 1. The molecule has 3 N–H and O–H groups in total. The first-order chi connectivity index (χ1) is 10.6. The molecule has 0 radical (unpaired) electrons. The number of benzene rings is 1. The van der Waals surface area contributed by atoms with Crippen molar-refractivity contribution in [1.82, 2.24) is 9.97 Å². The third kappa shape index (κ3) is 2.51. The lowest BCUT2D eigenvalue weighted by atomic mass is 10.1. The minimum atomic E-state index is -0.716. The van der Waals surface area contributed by atoms with Crippen LogP contribution in [0.25, 0.3) is 11.0 Å². The number of pyridine rings is 2. The number of hydrogen-bond donors (Lipinski definition) is 3. The molecule has 1 aromatic carbocycles. The smallest absolute Gasteiger partial charge is 0.266 e. The van der Waals surface area contributed by atoms with Gasteiger partial charge in [-0.05, 0) is 36.4 Å². The lowest BCUT2D eigenvalue weighted by Crippen LogP contribution is -2.23. The Hall–Kier alpha value is -2.86. The Morgan fingerprint density at radius 1 is 1.23 bits per heavy atom. The molecule has 0 atom stereocenters. The summed E-state index contributed by atoms with van der Waals surface area (Å²) in [6, 6.07) is 9.55. The number of anilines is 1. The highest BCUT2D eigenvalue weighted by Gasteiger charge is 2.19. The van der Waals surface area contributed by atoms with Gasteiger partial charge < -0.3 is 15.4 Å². The Balaban J connectivity index is 2.04. The number of aromatic nitrogens is 2. The summed E-state index contributed by atoms with van der Waals surface area (Å²) < 4.78 is 0. The third-order valence-corrected chi connectivity index (χ3v) is 3.34. The molecule has 7 heteroatoms. The molecule has 2 heterocycles. The van der Waals surface area contributed by atoms with Crippen molar-refractivity contribution in [2.45, 2.75) is 0 Å². The summed E-state index contributed by atoms with van der Waals surface area (Å²) in [4.78, 5) is 30.6. The van der Waals surface area contributed by atoms with Gasteiger partial charge in [-0.1, -0.05) is 11.6 Å². The van der Waals surface area contributed by atoms with Crippen molar-refractivity contribution in [1.29, 1.82) is 0 Å². The highest BCUT2D eigenvalue weighted by Crippen LogP contribution is 2.24. The van der Waals surface area contributed by atoms with Crippen molar-refractivity contribution in [2.75, 3.05) is 5.32 Å². The number of fused-ring (bicyclic) bond motifs is 1. The van der Waals surface area contributed by atoms with Gasteiger partial charge in [0.2, 0.25) is 0 Å². The predicted molar refractivity (Wildman–Crippen MR) is 83.4 cm³/mol. The van der Waals surface area contributed by atoms with E-state index in [-0.39, 0.29) is 11.2 Å². The molecular formula is C15H10ClN3O3. The van der Waals surface area contributed by atoms with Gasteiger partial charge >= 0.3 is 0 Å². The van der Waals surface area contributed by atoms with Crippen molar-refractivity contribution in [2.24, 2.45) is 0 Å². The lowest BCUT2D eigenvalue weighted by Gasteiger charge is -2.08. The van der Waals surface area contributed by atoms with Crippen LogP contribution in [0.1, 0.15) is 10.4 Å². The van der Waals surface area contributed by atoms with Crippen LogP contribution in [0.5, 0.6) is 5.75 Å². The molecule has 3 rings (SSSR count). The Morgan fingerprint density at radius 3 is 2.68 bits per heavy atom. The van der Waals surface area contributed by atoms with E-state index in [2.05, 4.69) is 15.3 Å². The predicted octanol–water partition coefficient (Wildman–Crippen LogP) is 2.53. The van der Waals surface area contributed by atoms with Crippen LogP contribution in [0.4, 0.5) is 5.69 Å². The van der Waals surface area contributed by atoms with E-state index in [1.165, 1.54) is 6.20 Å². The number of amides is 1. The fourth-order valence-electron chi connectivity index (χ4n) is 2.05. The lowest BCUT2D eigenvalue weighted by molar-refractivity contribution is 0.102. The molecule has 0 aliphatic carbocycles. The molecule has 3 aromatic rings. The standard InChI is InChI=1S/C15H10ClN3O3/c16-8-3-5-9(6-4-8)18-14(21)11-12(20)10-2-1-7-17-13(10)19-15(11)22/h1-7H,(H,18,21)(H2,17,19,20,22). The van der Waals surface area contributed by atoms with E-state index >= 15 is 0 Å². The summed E-state index contributed by atoms with van der Waals surface area (Å²) in [6.07, 6.45) is 1.48. The summed E-state index contributed by atoms with van der Waals surface area (Å²) in [7, 11) is 0. The van der Waals surface area contributed by atoms with Crippen LogP contribution in [-0.2, 0) is 0 Å². The Kier molecular flexibility index (Phi) is 3.52. The zero-order valence-corrected chi connectivity index (χ0v) is 11.9. The summed E-state index contributed by atoms with van der Waals surface area (Å²) in [5.74, 6) is -1.12. The molecule has 0 unspecified atom stereocenters. The Morgan fingerprint density at radius 2 is 1.95 bits per heavy atom. The fraction of sp³-hybridized carbons (Fsp3) is 0. The number of aromatic amines is 1. The van der Waals surface area contributed by atoms with E-state index in [1.54, 1.807) is 36.4 Å². The van der Waals surface area contributed by atoms with Crippen LogP contribution in [0.3, 0.4) is 0 Å². The number of nitrogens with zero attached hydrogens (tertiary/aromatic N) is 1. The second-order valence-electron chi connectivity index (χ2n) is 4.54. The average Bonchev–Trinajstić information content (AvgIpc) is 2.49. The molecule has 0 aliphatic heterocycles. The molecule has 0 bridgehead atoms. The highest BCUT2D eigenvalue weighted by atomic mass is 35.5. The van der Waals surface area contributed by atoms with Crippen LogP contribution in [0, 0.1) is 0 Å². The minimum absolute atomic E-state index is 0.216. The first kappa shape index (κ1) is 14.1. The van der Waals surface area contributed by atoms with Crippen LogP contribution >= 0.6 is 11.6 Å². The van der Waals surface area contributed by atoms with Gasteiger partial charge in [0.15, 0.2) is 0 Å². The molecule has 1 amide bonds. The maximum Gasteiger partial charge on any atom is 0.266 e. The molecule has 0 fully saturated rings. The topological polar surface area (TPSA) is 95.1 Å². The Bertz CT molecular complexity index is 919. The van der Waals surface area contributed by atoms with Crippen LogP contribution in [0.2, 0.25) is 5.02 Å². The van der Waals surface area contributed by atoms with E-state index in [0.717, 1.165) is 0 Å². The van der Waals surface area contributed by atoms with Crippen molar-refractivity contribution in [3.05, 3.63) is 63.5 Å². The Labute approximate surface area is 129 Å². The first-order valence-corrected chi connectivity index (χ1v) is 6.71. The van der Waals surface area contributed by atoms with E-state index < -0.39 is 17.2 Å². The second-order valence-corrected chi connectivity index (χ2v) is 4.97. The van der Waals surface area contributed by atoms with Crippen molar-refractivity contribution in [3.63, 3.8) is 0 Å². The minimum Gasteiger partial charge on any atom is -0.506 e. The largest absolute Gasteiger partial charge is 0.506 e. The van der Waals surface area contributed by atoms with E-state index in [1.807, 2.05) is 0 Å².